The van der Waals surface area contributed by atoms with Gasteiger partial charge in [0, 0.05) is 13.6 Å². The summed E-state index contributed by atoms with van der Waals surface area (Å²) in [5.74, 6) is -0.802. The number of amides is 1. The molecule has 0 unspecified atom stereocenters. The van der Waals surface area contributed by atoms with E-state index < -0.39 is 5.97 Å². The first-order valence-corrected chi connectivity index (χ1v) is 8.45. The number of ether oxygens (including phenoxy) is 1. The van der Waals surface area contributed by atoms with E-state index in [-0.39, 0.29) is 12.5 Å². The van der Waals surface area contributed by atoms with Crippen molar-refractivity contribution >= 4 is 11.9 Å². The van der Waals surface area contributed by atoms with Gasteiger partial charge < -0.3 is 9.64 Å². The lowest BCUT2D eigenvalue weighted by Gasteiger charge is -2.18. The summed E-state index contributed by atoms with van der Waals surface area (Å²) >= 11 is 0. The van der Waals surface area contributed by atoms with E-state index in [9.17, 15) is 9.59 Å². The second kappa shape index (κ2) is 8.27. The third-order valence-corrected chi connectivity index (χ3v) is 4.21. The van der Waals surface area contributed by atoms with Crippen LogP contribution in [0.4, 0.5) is 0 Å². The number of hydrogen-bond acceptors (Lipinski definition) is 5. The molecule has 0 saturated carbocycles. The molecule has 1 amide bonds. The molecule has 138 valence electrons. The maximum atomic E-state index is 12.2. The highest BCUT2D eigenvalue weighted by molar-refractivity contribution is 5.91. The maximum Gasteiger partial charge on any atom is 0.338 e. The minimum atomic E-state index is -0.544. The number of aromatic nitrogens is 3. The minimum absolute atomic E-state index is 0.258. The molecule has 0 bridgehead atoms. The van der Waals surface area contributed by atoms with Gasteiger partial charge in [-0.1, -0.05) is 24.3 Å². The molecule has 1 aromatic heterocycles. The van der Waals surface area contributed by atoms with E-state index >= 15 is 0 Å². The minimum Gasteiger partial charge on any atom is -0.452 e. The van der Waals surface area contributed by atoms with Crippen molar-refractivity contribution in [3.63, 3.8) is 0 Å². The van der Waals surface area contributed by atoms with E-state index in [2.05, 4.69) is 10.1 Å². The molecule has 0 aliphatic rings. The van der Waals surface area contributed by atoms with Crippen LogP contribution in [-0.2, 0) is 16.1 Å². The first kappa shape index (κ1) is 18.3. The normalized spacial score (nSPS) is 10.4. The van der Waals surface area contributed by atoms with Gasteiger partial charge in [0.05, 0.1) is 11.3 Å². The van der Waals surface area contributed by atoms with Crippen LogP contribution in [0, 0.1) is 6.92 Å². The van der Waals surface area contributed by atoms with Crippen LogP contribution in [0.15, 0.2) is 61.2 Å². The van der Waals surface area contributed by atoms with Crippen LogP contribution >= 0.6 is 0 Å². The standard InChI is InChI=1S/C20H20N4O3/c1-15-5-3-4-6-17(15)11-23(2)19(25)12-27-20(26)16-7-9-18(10-8-16)24-14-21-13-22-24/h3-10,13-14H,11-12H2,1-2H3. The molecule has 0 spiro atoms. The second-order valence-corrected chi connectivity index (χ2v) is 6.14. The number of esters is 1. The van der Waals surface area contributed by atoms with Gasteiger partial charge in [0.2, 0.25) is 0 Å². The Labute approximate surface area is 157 Å². The van der Waals surface area contributed by atoms with Crippen molar-refractivity contribution in [1.29, 1.82) is 0 Å². The molecule has 2 aromatic carbocycles. The zero-order chi connectivity index (χ0) is 19.2. The van der Waals surface area contributed by atoms with E-state index in [0.717, 1.165) is 16.8 Å². The highest BCUT2D eigenvalue weighted by Crippen LogP contribution is 2.11. The highest BCUT2D eigenvalue weighted by atomic mass is 16.5. The molecule has 0 aliphatic heterocycles. The number of hydrogen-bond donors (Lipinski definition) is 0. The summed E-state index contributed by atoms with van der Waals surface area (Å²) in [7, 11) is 1.69. The van der Waals surface area contributed by atoms with Crippen molar-refractivity contribution < 1.29 is 14.3 Å². The van der Waals surface area contributed by atoms with Crippen LogP contribution in [0.2, 0.25) is 0 Å². The van der Waals surface area contributed by atoms with Gasteiger partial charge in [-0.25, -0.2) is 14.5 Å². The molecular formula is C20H20N4O3. The summed E-state index contributed by atoms with van der Waals surface area (Å²) in [5, 5.41) is 4.02. The van der Waals surface area contributed by atoms with Crippen molar-refractivity contribution in [3.8, 4) is 5.69 Å². The van der Waals surface area contributed by atoms with Crippen LogP contribution in [0.25, 0.3) is 5.69 Å². The summed E-state index contributed by atoms with van der Waals surface area (Å²) in [5.41, 5.74) is 3.32. The Balaban J connectivity index is 1.53. The van der Waals surface area contributed by atoms with Crippen molar-refractivity contribution in [2.45, 2.75) is 13.5 Å². The topological polar surface area (TPSA) is 77.3 Å². The molecule has 3 rings (SSSR count). The summed E-state index contributed by atoms with van der Waals surface area (Å²) in [4.78, 5) is 29.8. The van der Waals surface area contributed by atoms with E-state index in [4.69, 9.17) is 4.74 Å². The van der Waals surface area contributed by atoms with Gasteiger partial charge in [0.25, 0.3) is 5.91 Å². The fourth-order valence-electron chi connectivity index (χ4n) is 2.54. The quantitative estimate of drug-likeness (QED) is 0.628. The zero-order valence-corrected chi connectivity index (χ0v) is 15.2. The Morgan fingerprint density at radius 1 is 1.11 bits per heavy atom. The van der Waals surface area contributed by atoms with E-state index in [0.29, 0.717) is 12.1 Å². The van der Waals surface area contributed by atoms with Crippen LogP contribution in [0.3, 0.4) is 0 Å². The lowest BCUT2D eigenvalue weighted by molar-refractivity contribution is -0.133. The monoisotopic (exact) mass is 364 g/mol. The molecule has 0 radical (unpaired) electrons. The van der Waals surface area contributed by atoms with E-state index in [1.54, 1.807) is 47.2 Å². The van der Waals surface area contributed by atoms with Gasteiger partial charge in [-0.2, -0.15) is 5.10 Å². The Morgan fingerprint density at radius 2 is 1.85 bits per heavy atom. The van der Waals surface area contributed by atoms with E-state index in [1.807, 2.05) is 31.2 Å². The molecule has 0 N–H and O–H groups in total. The van der Waals surface area contributed by atoms with Crippen molar-refractivity contribution in [1.82, 2.24) is 19.7 Å². The number of benzene rings is 2. The van der Waals surface area contributed by atoms with Crippen molar-refractivity contribution in [2.75, 3.05) is 13.7 Å². The lowest BCUT2D eigenvalue weighted by Crippen LogP contribution is -2.31. The van der Waals surface area contributed by atoms with Crippen molar-refractivity contribution in [3.05, 3.63) is 77.9 Å². The Hall–Kier alpha value is -3.48. The van der Waals surface area contributed by atoms with Crippen LogP contribution < -0.4 is 0 Å². The molecule has 7 heteroatoms. The summed E-state index contributed by atoms with van der Waals surface area (Å²) in [6, 6.07) is 14.6. The summed E-state index contributed by atoms with van der Waals surface area (Å²) < 4.78 is 6.73. The summed E-state index contributed by atoms with van der Waals surface area (Å²) in [6.45, 7) is 2.17. The third kappa shape index (κ3) is 4.58. The first-order chi connectivity index (χ1) is 13.0. The SMILES string of the molecule is Cc1ccccc1CN(C)C(=O)COC(=O)c1ccc(-n2cncn2)cc1. The molecular weight excluding hydrogens is 344 g/mol. The van der Waals surface area contributed by atoms with Gasteiger partial charge in [-0.15, -0.1) is 0 Å². The highest BCUT2D eigenvalue weighted by Gasteiger charge is 2.14. The molecule has 1 heterocycles. The number of likely N-dealkylation sites (N-methyl/N-ethyl adjacent to an activating group) is 1. The molecule has 0 saturated heterocycles. The fourth-order valence-corrected chi connectivity index (χ4v) is 2.54. The predicted octanol–water partition coefficient (Wildman–Crippen LogP) is 2.39. The van der Waals surface area contributed by atoms with Gasteiger partial charge in [-0.05, 0) is 42.3 Å². The largest absolute Gasteiger partial charge is 0.452 e. The average Bonchev–Trinajstić information content (AvgIpc) is 3.22. The Bertz CT molecular complexity index is 921. The lowest BCUT2D eigenvalue weighted by atomic mass is 10.1. The number of nitrogens with zero attached hydrogens (tertiary/aromatic N) is 4. The predicted molar refractivity (Wildman–Crippen MR) is 99.3 cm³/mol. The number of aryl methyl sites for hydroxylation is 1. The Morgan fingerprint density at radius 3 is 2.52 bits per heavy atom. The molecule has 27 heavy (non-hydrogen) atoms. The van der Waals surface area contributed by atoms with Gasteiger partial charge >= 0.3 is 5.97 Å². The molecule has 3 aromatic rings. The molecule has 7 nitrogen and oxygen atoms in total. The smallest absolute Gasteiger partial charge is 0.338 e. The van der Waals surface area contributed by atoms with Crippen LogP contribution in [0.1, 0.15) is 21.5 Å². The molecule has 0 aliphatic carbocycles. The first-order valence-electron chi connectivity index (χ1n) is 8.45. The molecule has 0 fully saturated rings. The zero-order valence-electron chi connectivity index (χ0n) is 15.2. The van der Waals surface area contributed by atoms with Gasteiger partial charge in [0.1, 0.15) is 12.7 Å². The number of carbonyl (C=O) groups is 2. The maximum absolute atomic E-state index is 12.2. The second-order valence-electron chi connectivity index (χ2n) is 6.14. The summed E-state index contributed by atoms with van der Waals surface area (Å²) in [6.07, 6.45) is 3.00. The van der Waals surface area contributed by atoms with E-state index in [1.165, 1.54) is 6.33 Å². The van der Waals surface area contributed by atoms with Gasteiger partial charge in [-0.3, -0.25) is 4.79 Å². The van der Waals surface area contributed by atoms with Crippen LogP contribution in [-0.4, -0.2) is 45.2 Å². The average molecular weight is 364 g/mol. The van der Waals surface area contributed by atoms with Crippen molar-refractivity contribution in [2.24, 2.45) is 0 Å². The number of carbonyl (C=O) groups excluding carboxylic acids is 2. The van der Waals surface area contributed by atoms with Gasteiger partial charge in [0.15, 0.2) is 6.61 Å². The Kier molecular flexibility index (Phi) is 5.61. The number of rotatable bonds is 6. The fraction of sp³-hybridized carbons (Fsp3) is 0.200. The van der Waals surface area contributed by atoms with Crippen LogP contribution in [0.5, 0.6) is 0 Å². The molecule has 0 atom stereocenters. The third-order valence-electron chi connectivity index (χ3n) is 4.21.